The van der Waals surface area contributed by atoms with Crippen LogP contribution in [0.1, 0.15) is 213 Å². The Balaban J connectivity index is 2.78. The van der Waals surface area contributed by atoms with Crippen LogP contribution >= 0.6 is 0 Å². The molecule has 1 aliphatic heterocycles. The summed E-state index contributed by atoms with van der Waals surface area (Å²) in [6.45, 7) is 5.58. The standard InChI is InChI=1S/C59H101NO10/c1-4-7-10-13-16-19-22-24-25-26-27-29-32-35-38-41-44-47-54(64)70-57-56(66)55(65)53(48-61)69-59(57)68-49-50(51(62)45-42-39-36-33-30-21-18-15-12-9-6-3)60-58(67)52(63)46-43-40-37-34-31-28-23-20-17-14-11-8-5-2/h8,11,16-17,19-20,24-25,27,29,35,38,42,45,50-53,55-57,59,61-63,65-66H,4-7,9-10,12-15,18,21-23,26,28,30-34,36-37,39-41,43-44,46-49H2,1-3H3,(H,60,67)/b11-8+,19-16-,20-17+,25-24-,29-27-,38-35-,45-42+. The molecule has 8 unspecified atom stereocenters. The molecule has 0 aromatic rings. The molecule has 0 aliphatic carbocycles. The minimum atomic E-state index is -1.64. The number of unbranched alkanes of at least 4 members (excludes halogenated alkanes) is 19. The van der Waals surface area contributed by atoms with Crippen LogP contribution in [-0.4, -0.2) is 99.6 Å². The van der Waals surface area contributed by atoms with Crippen LogP contribution in [0, 0.1) is 0 Å². The SMILES string of the molecule is CC/C=C/C/C=C/CCCCCCCCC(O)C(=O)NC(COC1OC(CO)C(O)C(O)C1OC(=O)CCC/C=C\C/C=C\C/C=C\C/C=C\CCCCC)C(O)/C=C/CCCCCCCCCCC. The number of carbonyl (C=O) groups excluding carboxylic acids is 2. The Hall–Kier alpha value is -3.16. The monoisotopic (exact) mass is 984 g/mol. The molecule has 0 radical (unpaired) electrons. The molecule has 8 atom stereocenters. The lowest BCUT2D eigenvalue weighted by atomic mass is 9.99. The maximum absolute atomic E-state index is 13.3. The van der Waals surface area contributed by atoms with Crippen molar-refractivity contribution in [3.05, 3.63) is 85.1 Å². The average molecular weight is 984 g/mol. The zero-order valence-corrected chi connectivity index (χ0v) is 44.1. The lowest BCUT2D eigenvalue weighted by Crippen LogP contribution is -2.61. The topological polar surface area (TPSA) is 175 Å². The van der Waals surface area contributed by atoms with Crippen molar-refractivity contribution >= 4 is 11.9 Å². The number of ether oxygens (including phenoxy) is 3. The molecule has 402 valence electrons. The van der Waals surface area contributed by atoms with Gasteiger partial charge in [0.2, 0.25) is 5.91 Å². The molecule has 0 bridgehead atoms. The fraction of sp³-hybridized carbons (Fsp3) is 0.729. The van der Waals surface area contributed by atoms with Gasteiger partial charge in [0, 0.05) is 6.42 Å². The fourth-order valence-electron chi connectivity index (χ4n) is 8.09. The molecule has 0 aromatic carbocycles. The first kappa shape index (κ1) is 64.9. The van der Waals surface area contributed by atoms with E-state index < -0.39 is 67.4 Å². The summed E-state index contributed by atoms with van der Waals surface area (Å²) in [5.74, 6) is -1.27. The number of aliphatic hydroxyl groups excluding tert-OH is 5. The van der Waals surface area contributed by atoms with Gasteiger partial charge in [0.15, 0.2) is 12.4 Å². The first-order valence-electron chi connectivity index (χ1n) is 27.9. The maximum Gasteiger partial charge on any atom is 0.306 e. The lowest BCUT2D eigenvalue weighted by molar-refractivity contribution is -0.305. The van der Waals surface area contributed by atoms with Crippen LogP contribution in [0.3, 0.4) is 0 Å². The molecular formula is C59H101NO10. The molecule has 1 saturated heterocycles. The molecule has 11 heteroatoms. The van der Waals surface area contributed by atoms with Crippen molar-refractivity contribution in [3.8, 4) is 0 Å². The van der Waals surface area contributed by atoms with Gasteiger partial charge in [-0.15, -0.1) is 0 Å². The van der Waals surface area contributed by atoms with Gasteiger partial charge in [0.05, 0.1) is 25.4 Å². The van der Waals surface area contributed by atoms with Crippen molar-refractivity contribution in [2.24, 2.45) is 0 Å². The summed E-state index contributed by atoms with van der Waals surface area (Å²) >= 11 is 0. The van der Waals surface area contributed by atoms with Crippen molar-refractivity contribution in [2.75, 3.05) is 13.2 Å². The van der Waals surface area contributed by atoms with Crippen LogP contribution in [0.15, 0.2) is 85.1 Å². The largest absolute Gasteiger partial charge is 0.454 e. The van der Waals surface area contributed by atoms with E-state index >= 15 is 0 Å². The van der Waals surface area contributed by atoms with E-state index in [0.717, 1.165) is 103 Å². The number of amides is 1. The van der Waals surface area contributed by atoms with Crippen LogP contribution in [0.25, 0.3) is 0 Å². The number of hydrogen-bond acceptors (Lipinski definition) is 10. The van der Waals surface area contributed by atoms with Gasteiger partial charge in [0.1, 0.15) is 24.4 Å². The van der Waals surface area contributed by atoms with Crippen LogP contribution in [-0.2, 0) is 23.8 Å². The van der Waals surface area contributed by atoms with E-state index in [0.29, 0.717) is 19.3 Å². The van der Waals surface area contributed by atoms with Gasteiger partial charge in [-0.05, 0) is 89.9 Å². The quantitative estimate of drug-likeness (QED) is 0.0196. The summed E-state index contributed by atoms with van der Waals surface area (Å²) in [5, 5.41) is 56.7. The number of carbonyl (C=O) groups is 2. The van der Waals surface area contributed by atoms with Crippen LogP contribution in [0.4, 0.5) is 0 Å². The average Bonchev–Trinajstić information content (AvgIpc) is 3.36. The summed E-state index contributed by atoms with van der Waals surface area (Å²) < 4.78 is 17.5. The zero-order chi connectivity index (χ0) is 51.1. The van der Waals surface area contributed by atoms with E-state index in [9.17, 15) is 35.1 Å². The Morgan fingerprint density at radius 3 is 1.57 bits per heavy atom. The predicted octanol–water partition coefficient (Wildman–Crippen LogP) is 12.2. The van der Waals surface area contributed by atoms with Gasteiger partial charge >= 0.3 is 5.97 Å². The van der Waals surface area contributed by atoms with E-state index in [4.69, 9.17) is 14.2 Å². The Morgan fingerprint density at radius 2 is 1.03 bits per heavy atom. The maximum atomic E-state index is 13.3. The van der Waals surface area contributed by atoms with Crippen molar-refractivity contribution in [1.29, 1.82) is 0 Å². The normalized spacial score (nSPS) is 20.4. The minimum Gasteiger partial charge on any atom is -0.454 e. The van der Waals surface area contributed by atoms with Crippen molar-refractivity contribution in [2.45, 2.75) is 262 Å². The second-order valence-corrected chi connectivity index (χ2v) is 18.9. The smallest absolute Gasteiger partial charge is 0.306 e. The molecule has 1 rings (SSSR count). The highest BCUT2D eigenvalue weighted by atomic mass is 16.7. The third kappa shape index (κ3) is 35.0. The van der Waals surface area contributed by atoms with Crippen molar-refractivity contribution < 1.29 is 49.3 Å². The predicted molar refractivity (Wildman–Crippen MR) is 287 cm³/mol. The summed E-state index contributed by atoms with van der Waals surface area (Å²) in [4.78, 5) is 26.4. The second kappa shape index (κ2) is 46.9. The molecule has 70 heavy (non-hydrogen) atoms. The number of aliphatic hydroxyl groups is 5. The molecule has 11 nitrogen and oxygen atoms in total. The lowest BCUT2D eigenvalue weighted by Gasteiger charge is -2.41. The first-order valence-corrected chi connectivity index (χ1v) is 27.9. The zero-order valence-electron chi connectivity index (χ0n) is 44.1. The van der Waals surface area contributed by atoms with Gasteiger partial charge in [-0.2, -0.15) is 0 Å². The number of hydrogen-bond donors (Lipinski definition) is 6. The Bertz CT molecular complexity index is 1460. The summed E-state index contributed by atoms with van der Waals surface area (Å²) in [6.07, 6.45) is 49.2. The van der Waals surface area contributed by atoms with Crippen LogP contribution in [0.2, 0.25) is 0 Å². The van der Waals surface area contributed by atoms with Crippen LogP contribution < -0.4 is 5.32 Å². The Kier molecular flexibility index (Phi) is 43.4. The molecule has 1 amide bonds. The molecule has 1 heterocycles. The Morgan fingerprint density at radius 1 is 0.571 bits per heavy atom. The molecular weight excluding hydrogens is 883 g/mol. The van der Waals surface area contributed by atoms with E-state index in [2.05, 4.69) is 86.8 Å². The molecule has 6 N–H and O–H groups in total. The third-order valence-electron chi connectivity index (χ3n) is 12.5. The van der Waals surface area contributed by atoms with Gasteiger partial charge in [0.25, 0.3) is 0 Å². The van der Waals surface area contributed by atoms with E-state index in [1.54, 1.807) is 6.08 Å². The van der Waals surface area contributed by atoms with Crippen molar-refractivity contribution in [3.63, 3.8) is 0 Å². The number of esters is 1. The molecule has 0 saturated carbocycles. The Labute approximate surface area is 425 Å². The van der Waals surface area contributed by atoms with Gasteiger partial charge in [-0.3, -0.25) is 9.59 Å². The number of nitrogens with one attached hydrogen (secondary N) is 1. The van der Waals surface area contributed by atoms with Gasteiger partial charge in [-0.25, -0.2) is 0 Å². The highest BCUT2D eigenvalue weighted by molar-refractivity contribution is 5.80. The summed E-state index contributed by atoms with van der Waals surface area (Å²) in [7, 11) is 0. The molecule has 0 spiro atoms. The third-order valence-corrected chi connectivity index (χ3v) is 12.5. The van der Waals surface area contributed by atoms with Crippen LogP contribution in [0.5, 0.6) is 0 Å². The van der Waals surface area contributed by atoms with Gasteiger partial charge in [-0.1, -0.05) is 202 Å². The van der Waals surface area contributed by atoms with E-state index in [1.165, 1.54) is 57.8 Å². The van der Waals surface area contributed by atoms with Crippen molar-refractivity contribution in [1.82, 2.24) is 5.32 Å². The summed E-state index contributed by atoms with van der Waals surface area (Å²) in [6, 6.07) is -1.04. The second-order valence-electron chi connectivity index (χ2n) is 18.9. The molecule has 1 fully saturated rings. The highest BCUT2D eigenvalue weighted by Crippen LogP contribution is 2.26. The highest BCUT2D eigenvalue weighted by Gasteiger charge is 2.47. The number of rotatable bonds is 45. The number of allylic oxidation sites excluding steroid dienone is 13. The molecule has 0 aromatic heterocycles. The van der Waals surface area contributed by atoms with E-state index in [1.807, 2.05) is 18.2 Å². The fourth-order valence-corrected chi connectivity index (χ4v) is 8.09. The summed E-state index contributed by atoms with van der Waals surface area (Å²) in [5.41, 5.74) is 0. The minimum absolute atomic E-state index is 0.0432. The van der Waals surface area contributed by atoms with Gasteiger partial charge < -0.3 is 45.1 Å². The molecule has 1 aliphatic rings. The first-order chi connectivity index (χ1) is 34.2. The van der Waals surface area contributed by atoms with E-state index in [-0.39, 0.29) is 19.4 Å².